The number of hydrogen-bond donors (Lipinski definition) is 0. The van der Waals surface area contributed by atoms with E-state index in [9.17, 15) is 4.79 Å². The summed E-state index contributed by atoms with van der Waals surface area (Å²) in [6.07, 6.45) is 3.26. The third-order valence-corrected chi connectivity index (χ3v) is 6.38. The van der Waals surface area contributed by atoms with Crippen molar-refractivity contribution in [3.05, 3.63) is 18.2 Å². The lowest BCUT2D eigenvalue weighted by Gasteiger charge is -2.36. The first-order valence-corrected chi connectivity index (χ1v) is 11.0. The molecule has 0 bridgehead atoms. The molecular formula is C21H26N2O5S. The van der Waals surface area contributed by atoms with Gasteiger partial charge in [-0.25, -0.2) is 0 Å². The van der Waals surface area contributed by atoms with Gasteiger partial charge in [0, 0.05) is 5.56 Å². The van der Waals surface area contributed by atoms with Gasteiger partial charge >= 0.3 is 5.97 Å². The van der Waals surface area contributed by atoms with Crippen molar-refractivity contribution < 1.29 is 23.4 Å². The van der Waals surface area contributed by atoms with Gasteiger partial charge in [-0.3, -0.25) is 4.79 Å². The van der Waals surface area contributed by atoms with Crippen LogP contribution >= 0.6 is 11.8 Å². The third-order valence-electron chi connectivity index (χ3n) is 5.58. The normalized spacial score (nSPS) is 23.4. The van der Waals surface area contributed by atoms with Crippen LogP contribution < -0.4 is 9.47 Å². The lowest BCUT2D eigenvalue weighted by atomic mass is 9.75. The van der Waals surface area contributed by atoms with Crippen molar-refractivity contribution >= 4 is 17.7 Å². The molecule has 2 aliphatic rings. The molecule has 1 aliphatic heterocycles. The zero-order chi connectivity index (χ0) is 20.4. The monoisotopic (exact) mass is 418 g/mol. The number of benzene rings is 1. The minimum absolute atomic E-state index is 0.00118. The number of hydrogen-bond acceptors (Lipinski definition) is 8. The van der Waals surface area contributed by atoms with Crippen molar-refractivity contribution in [3.8, 4) is 23.0 Å². The Kier molecular flexibility index (Phi) is 5.99. The molecule has 156 valence electrons. The van der Waals surface area contributed by atoms with Crippen molar-refractivity contribution in [2.45, 2.75) is 51.4 Å². The van der Waals surface area contributed by atoms with Gasteiger partial charge in [-0.05, 0) is 48.8 Å². The Hall–Kier alpha value is -2.22. The fourth-order valence-corrected chi connectivity index (χ4v) is 4.53. The quantitative estimate of drug-likeness (QED) is 0.499. The number of carbonyl (C=O) groups excluding carboxylic acids is 1. The molecule has 1 aromatic carbocycles. The molecule has 1 aromatic heterocycles. The van der Waals surface area contributed by atoms with Crippen LogP contribution in [0.3, 0.4) is 0 Å². The van der Waals surface area contributed by atoms with Gasteiger partial charge in [-0.1, -0.05) is 39.0 Å². The second kappa shape index (κ2) is 8.65. The van der Waals surface area contributed by atoms with E-state index in [1.165, 1.54) is 18.2 Å². The van der Waals surface area contributed by atoms with E-state index in [1.807, 2.05) is 12.1 Å². The summed E-state index contributed by atoms with van der Waals surface area (Å²) in [6.45, 7) is 6.84. The average Bonchev–Trinajstić information content (AvgIpc) is 3.35. The van der Waals surface area contributed by atoms with Crippen LogP contribution in [0.25, 0.3) is 11.5 Å². The number of carbonyl (C=O) groups is 1. The molecule has 7 nitrogen and oxygen atoms in total. The molecule has 29 heavy (non-hydrogen) atoms. The molecule has 4 rings (SSSR count). The number of ether oxygens (including phenoxy) is 3. The van der Waals surface area contributed by atoms with E-state index in [1.54, 1.807) is 6.07 Å². The third kappa shape index (κ3) is 4.69. The van der Waals surface area contributed by atoms with Crippen LogP contribution in [0.2, 0.25) is 0 Å². The number of thioether (sulfide) groups is 1. The lowest BCUT2D eigenvalue weighted by Crippen LogP contribution is -2.36. The zero-order valence-electron chi connectivity index (χ0n) is 16.9. The Labute approximate surface area is 174 Å². The molecule has 2 aromatic rings. The summed E-state index contributed by atoms with van der Waals surface area (Å²) in [6, 6.07) is 5.44. The van der Waals surface area contributed by atoms with Gasteiger partial charge in [-0.2, -0.15) is 0 Å². The minimum Gasteiger partial charge on any atom is -0.461 e. The molecule has 0 saturated heterocycles. The average molecular weight is 419 g/mol. The van der Waals surface area contributed by atoms with Gasteiger partial charge in [0.15, 0.2) is 11.5 Å². The number of nitrogens with zero attached hydrogens (tertiary/aromatic N) is 2. The fourth-order valence-electron chi connectivity index (χ4n) is 3.99. The Morgan fingerprint density at radius 3 is 2.90 bits per heavy atom. The molecule has 0 unspecified atom stereocenters. The molecule has 0 N–H and O–H groups in total. The van der Waals surface area contributed by atoms with E-state index in [4.69, 9.17) is 18.6 Å². The van der Waals surface area contributed by atoms with Gasteiger partial charge in [-0.15, -0.1) is 10.2 Å². The molecule has 1 aliphatic carbocycles. The largest absolute Gasteiger partial charge is 0.461 e. The smallest absolute Gasteiger partial charge is 0.316 e. The van der Waals surface area contributed by atoms with Crippen LogP contribution in [0.15, 0.2) is 27.8 Å². The molecule has 1 fully saturated rings. The Bertz CT molecular complexity index is 869. The summed E-state index contributed by atoms with van der Waals surface area (Å²) in [7, 11) is 0. The van der Waals surface area contributed by atoms with Gasteiger partial charge in [0.05, 0.1) is 0 Å². The van der Waals surface area contributed by atoms with Crippen molar-refractivity contribution in [3.63, 3.8) is 0 Å². The van der Waals surface area contributed by atoms with Crippen LogP contribution in [-0.4, -0.2) is 34.8 Å². The lowest BCUT2D eigenvalue weighted by molar-refractivity contribution is -0.152. The molecular weight excluding hydrogens is 392 g/mol. The summed E-state index contributed by atoms with van der Waals surface area (Å²) >= 11 is 1.20. The van der Waals surface area contributed by atoms with Crippen LogP contribution in [0.5, 0.6) is 11.5 Å². The minimum atomic E-state index is -0.234. The van der Waals surface area contributed by atoms with Crippen molar-refractivity contribution in [1.29, 1.82) is 0 Å². The van der Waals surface area contributed by atoms with Crippen LogP contribution in [0.1, 0.15) is 40.0 Å². The van der Waals surface area contributed by atoms with Crippen LogP contribution in [0, 0.1) is 17.8 Å². The highest BCUT2D eigenvalue weighted by molar-refractivity contribution is 7.99. The van der Waals surface area contributed by atoms with E-state index in [0.717, 1.165) is 18.4 Å². The maximum absolute atomic E-state index is 12.4. The fraction of sp³-hybridized carbons (Fsp3) is 0.571. The topological polar surface area (TPSA) is 83.7 Å². The highest BCUT2D eigenvalue weighted by Crippen LogP contribution is 2.37. The number of rotatable bonds is 6. The van der Waals surface area contributed by atoms with Crippen LogP contribution in [-0.2, 0) is 9.53 Å². The van der Waals surface area contributed by atoms with Gasteiger partial charge in [0.1, 0.15) is 11.9 Å². The van der Waals surface area contributed by atoms with E-state index in [-0.39, 0.29) is 24.6 Å². The highest BCUT2D eigenvalue weighted by Gasteiger charge is 2.33. The molecule has 0 amide bonds. The predicted molar refractivity (Wildman–Crippen MR) is 108 cm³/mol. The van der Waals surface area contributed by atoms with Crippen molar-refractivity contribution in [2.75, 3.05) is 12.5 Å². The Balaban J connectivity index is 1.33. The first-order chi connectivity index (χ1) is 14.0. The second-order valence-corrected chi connectivity index (χ2v) is 9.01. The molecule has 3 atom stereocenters. The molecule has 8 heteroatoms. The first-order valence-electron chi connectivity index (χ1n) is 10.1. The number of esters is 1. The number of aromatic nitrogens is 2. The molecule has 1 saturated carbocycles. The highest BCUT2D eigenvalue weighted by atomic mass is 32.2. The van der Waals surface area contributed by atoms with E-state index in [2.05, 4.69) is 31.0 Å². The first kappa shape index (κ1) is 20.1. The van der Waals surface area contributed by atoms with E-state index in [0.29, 0.717) is 40.4 Å². The molecule has 0 radical (unpaired) electrons. The summed E-state index contributed by atoms with van der Waals surface area (Å²) in [5.74, 6) is 3.17. The molecule has 0 spiro atoms. The van der Waals surface area contributed by atoms with Crippen molar-refractivity contribution in [1.82, 2.24) is 10.2 Å². The number of fused-ring (bicyclic) bond motifs is 1. The van der Waals surface area contributed by atoms with Gasteiger partial charge in [0.25, 0.3) is 5.22 Å². The second-order valence-electron chi connectivity index (χ2n) is 8.08. The van der Waals surface area contributed by atoms with E-state index >= 15 is 0 Å². The molecule has 2 heterocycles. The van der Waals surface area contributed by atoms with Gasteiger partial charge < -0.3 is 18.6 Å². The predicted octanol–water partition coefficient (Wildman–Crippen LogP) is 4.56. The summed E-state index contributed by atoms with van der Waals surface area (Å²) in [5, 5.41) is 8.43. The summed E-state index contributed by atoms with van der Waals surface area (Å²) in [5.41, 5.74) is 0.743. The maximum Gasteiger partial charge on any atom is 0.316 e. The maximum atomic E-state index is 12.4. The standard InChI is InChI=1S/C21H26N2O5S/c1-12(2)15-6-4-13(3)8-17(15)27-19(24)10-29-21-23-22-20(28-21)14-5-7-16-18(9-14)26-11-25-16/h5,7,9,12-13,15,17H,4,6,8,10-11H2,1-3H3/t13-,15+,17-/m1/s1. The summed E-state index contributed by atoms with van der Waals surface area (Å²) < 4.78 is 22.2. The SMILES string of the molecule is CC(C)[C@@H]1CC[C@@H](C)C[C@H]1OC(=O)CSc1nnc(-c2ccc3c(c2)OCO3)o1. The Morgan fingerprint density at radius 1 is 1.24 bits per heavy atom. The summed E-state index contributed by atoms with van der Waals surface area (Å²) in [4.78, 5) is 12.4. The van der Waals surface area contributed by atoms with Crippen molar-refractivity contribution in [2.24, 2.45) is 17.8 Å². The van der Waals surface area contributed by atoms with Gasteiger partial charge in [0.2, 0.25) is 12.7 Å². The van der Waals surface area contributed by atoms with Crippen LogP contribution in [0.4, 0.5) is 0 Å². The Morgan fingerprint density at radius 2 is 2.07 bits per heavy atom. The van der Waals surface area contributed by atoms with E-state index < -0.39 is 0 Å². The zero-order valence-corrected chi connectivity index (χ0v) is 17.7.